The third-order valence-corrected chi connectivity index (χ3v) is 4.69. The molecule has 0 N–H and O–H groups in total. The SMILES string of the molecule is CC(=O)C(/C=C/C(=O)OC(C)(C)C)=C1SCCS1. The zero-order chi connectivity index (χ0) is 13.8. The summed E-state index contributed by atoms with van der Waals surface area (Å²) in [6.07, 6.45) is 2.89. The first kappa shape index (κ1) is 15.4. The van der Waals surface area contributed by atoms with Crippen molar-refractivity contribution in [3.05, 3.63) is 22.0 Å². The highest BCUT2D eigenvalue weighted by molar-refractivity contribution is 8.25. The average molecular weight is 286 g/mol. The van der Waals surface area contributed by atoms with Gasteiger partial charge in [0, 0.05) is 23.2 Å². The second kappa shape index (κ2) is 6.48. The highest BCUT2D eigenvalue weighted by atomic mass is 32.2. The summed E-state index contributed by atoms with van der Waals surface area (Å²) in [4.78, 5) is 23.1. The van der Waals surface area contributed by atoms with Crippen molar-refractivity contribution in [1.82, 2.24) is 0 Å². The summed E-state index contributed by atoms with van der Waals surface area (Å²) in [5, 5.41) is 0. The van der Waals surface area contributed by atoms with Gasteiger partial charge in [0.15, 0.2) is 5.78 Å². The Morgan fingerprint density at radius 3 is 2.17 bits per heavy atom. The highest BCUT2D eigenvalue weighted by Crippen LogP contribution is 2.39. The van der Waals surface area contributed by atoms with Gasteiger partial charge < -0.3 is 4.74 Å². The number of carbonyl (C=O) groups excluding carboxylic acids is 2. The molecule has 1 saturated heterocycles. The molecule has 3 nitrogen and oxygen atoms in total. The van der Waals surface area contributed by atoms with Gasteiger partial charge in [-0.15, -0.1) is 23.5 Å². The van der Waals surface area contributed by atoms with Gasteiger partial charge in [-0.2, -0.15) is 0 Å². The number of ether oxygens (including phenoxy) is 1. The van der Waals surface area contributed by atoms with E-state index in [4.69, 9.17) is 4.74 Å². The smallest absolute Gasteiger partial charge is 0.331 e. The molecule has 0 unspecified atom stereocenters. The van der Waals surface area contributed by atoms with Crippen molar-refractivity contribution < 1.29 is 14.3 Å². The first-order valence-corrected chi connectivity index (χ1v) is 7.68. The lowest BCUT2D eigenvalue weighted by Crippen LogP contribution is -2.22. The van der Waals surface area contributed by atoms with Crippen LogP contribution in [0.15, 0.2) is 22.0 Å². The van der Waals surface area contributed by atoms with E-state index in [1.807, 2.05) is 20.8 Å². The maximum Gasteiger partial charge on any atom is 0.331 e. The van der Waals surface area contributed by atoms with Crippen molar-refractivity contribution in [2.45, 2.75) is 33.3 Å². The Labute approximate surface area is 116 Å². The number of hydrogen-bond acceptors (Lipinski definition) is 5. The van der Waals surface area contributed by atoms with E-state index < -0.39 is 11.6 Å². The summed E-state index contributed by atoms with van der Waals surface area (Å²) in [5.74, 6) is 1.58. The van der Waals surface area contributed by atoms with Gasteiger partial charge in [-0.05, 0) is 33.8 Å². The number of allylic oxidation sites excluding steroid dienone is 2. The van der Waals surface area contributed by atoms with Crippen molar-refractivity contribution in [2.24, 2.45) is 0 Å². The van der Waals surface area contributed by atoms with Crippen molar-refractivity contribution in [3.8, 4) is 0 Å². The fraction of sp³-hybridized carbons (Fsp3) is 0.538. The number of hydrogen-bond donors (Lipinski definition) is 0. The number of thioether (sulfide) groups is 2. The molecule has 0 aliphatic carbocycles. The van der Waals surface area contributed by atoms with E-state index in [9.17, 15) is 9.59 Å². The number of rotatable bonds is 3. The van der Waals surface area contributed by atoms with Crippen LogP contribution in [0.1, 0.15) is 27.7 Å². The Balaban J connectivity index is 2.76. The summed E-state index contributed by atoms with van der Waals surface area (Å²) in [5.41, 5.74) is 0.0929. The van der Waals surface area contributed by atoms with Gasteiger partial charge in [-0.1, -0.05) is 0 Å². The van der Waals surface area contributed by atoms with E-state index in [0.717, 1.165) is 15.7 Å². The highest BCUT2D eigenvalue weighted by Gasteiger charge is 2.17. The van der Waals surface area contributed by atoms with Crippen LogP contribution in [-0.4, -0.2) is 28.9 Å². The molecule has 0 aromatic heterocycles. The number of esters is 1. The summed E-state index contributed by atoms with van der Waals surface area (Å²) >= 11 is 3.32. The molecule has 18 heavy (non-hydrogen) atoms. The fourth-order valence-electron chi connectivity index (χ4n) is 1.28. The van der Waals surface area contributed by atoms with Gasteiger partial charge in [0.1, 0.15) is 5.60 Å². The normalized spacial score (nSPS) is 16.1. The molecule has 1 aliphatic heterocycles. The lowest BCUT2D eigenvalue weighted by molar-refractivity contribution is -0.148. The molecule has 100 valence electrons. The molecule has 1 fully saturated rings. The standard InChI is InChI=1S/C13H18O3S2/c1-9(14)10(12-17-7-8-18-12)5-6-11(15)16-13(2,3)4/h5-6H,7-8H2,1-4H3/b6-5+. The van der Waals surface area contributed by atoms with Crippen LogP contribution in [0.2, 0.25) is 0 Å². The molecule has 0 spiro atoms. The van der Waals surface area contributed by atoms with Crippen molar-refractivity contribution in [1.29, 1.82) is 0 Å². The van der Waals surface area contributed by atoms with E-state index >= 15 is 0 Å². The molecule has 0 bridgehead atoms. The summed E-state index contributed by atoms with van der Waals surface area (Å²) in [6, 6.07) is 0. The molecule has 0 saturated carbocycles. The van der Waals surface area contributed by atoms with Crippen LogP contribution in [0.5, 0.6) is 0 Å². The zero-order valence-corrected chi connectivity index (χ0v) is 12.7. The number of carbonyl (C=O) groups is 2. The fourth-order valence-corrected chi connectivity index (χ4v) is 3.89. The predicted molar refractivity (Wildman–Crippen MR) is 77.6 cm³/mol. The molecule has 1 heterocycles. The van der Waals surface area contributed by atoms with Gasteiger partial charge in [-0.25, -0.2) is 4.79 Å². The van der Waals surface area contributed by atoms with Gasteiger partial charge in [0.2, 0.25) is 0 Å². The van der Waals surface area contributed by atoms with Gasteiger partial charge in [0.25, 0.3) is 0 Å². The minimum absolute atomic E-state index is 0.0216. The van der Waals surface area contributed by atoms with Crippen molar-refractivity contribution in [2.75, 3.05) is 11.5 Å². The Morgan fingerprint density at radius 2 is 1.72 bits per heavy atom. The lowest BCUT2D eigenvalue weighted by atomic mass is 10.2. The second-order valence-corrected chi connectivity index (χ2v) is 7.29. The van der Waals surface area contributed by atoms with Crippen LogP contribution in [0.3, 0.4) is 0 Å². The number of ketones is 1. The maximum atomic E-state index is 11.5. The summed E-state index contributed by atoms with van der Waals surface area (Å²) < 4.78 is 6.16. The van der Waals surface area contributed by atoms with E-state index in [2.05, 4.69) is 0 Å². The van der Waals surface area contributed by atoms with Crippen molar-refractivity contribution in [3.63, 3.8) is 0 Å². The molecule has 1 aliphatic rings. The van der Waals surface area contributed by atoms with E-state index in [1.165, 1.54) is 13.0 Å². The van der Waals surface area contributed by atoms with Gasteiger partial charge in [0.05, 0.1) is 4.24 Å². The topological polar surface area (TPSA) is 43.4 Å². The predicted octanol–water partition coefficient (Wildman–Crippen LogP) is 3.16. The minimum atomic E-state index is -0.512. The quantitative estimate of drug-likeness (QED) is 0.589. The van der Waals surface area contributed by atoms with Crippen LogP contribution >= 0.6 is 23.5 Å². The lowest BCUT2D eigenvalue weighted by Gasteiger charge is -2.17. The molecule has 1 rings (SSSR count). The third kappa shape index (κ3) is 5.31. The molecular formula is C13H18O3S2. The monoisotopic (exact) mass is 286 g/mol. The largest absolute Gasteiger partial charge is 0.457 e. The van der Waals surface area contributed by atoms with Crippen molar-refractivity contribution >= 4 is 35.3 Å². The Hall–Kier alpha value is -0.680. The third-order valence-electron chi connectivity index (χ3n) is 1.94. The van der Waals surface area contributed by atoms with Crippen LogP contribution in [-0.2, 0) is 14.3 Å². The van der Waals surface area contributed by atoms with Crippen LogP contribution in [0.25, 0.3) is 0 Å². The van der Waals surface area contributed by atoms with Crippen LogP contribution < -0.4 is 0 Å². The summed E-state index contributed by atoms with van der Waals surface area (Å²) in [7, 11) is 0. The van der Waals surface area contributed by atoms with Gasteiger partial charge >= 0.3 is 5.97 Å². The Kier molecular flexibility index (Phi) is 5.53. The van der Waals surface area contributed by atoms with E-state index in [0.29, 0.717) is 5.57 Å². The molecule has 0 amide bonds. The molecule has 0 atom stereocenters. The van der Waals surface area contributed by atoms with Crippen LogP contribution in [0.4, 0.5) is 0 Å². The average Bonchev–Trinajstić information content (AvgIpc) is 2.67. The maximum absolute atomic E-state index is 11.5. The Morgan fingerprint density at radius 1 is 1.17 bits per heavy atom. The summed E-state index contributed by atoms with van der Waals surface area (Å²) in [6.45, 7) is 6.95. The minimum Gasteiger partial charge on any atom is -0.457 e. The van der Waals surface area contributed by atoms with Crippen LogP contribution in [0, 0.1) is 0 Å². The molecular weight excluding hydrogens is 268 g/mol. The molecule has 0 radical (unpaired) electrons. The first-order valence-electron chi connectivity index (χ1n) is 5.71. The molecule has 0 aromatic rings. The second-order valence-electron chi connectivity index (χ2n) is 4.82. The van der Waals surface area contributed by atoms with E-state index in [-0.39, 0.29) is 5.78 Å². The number of Topliss-reactive ketones (excluding diaryl/α,β-unsaturated/α-hetero) is 1. The first-order chi connectivity index (χ1) is 8.29. The van der Waals surface area contributed by atoms with E-state index in [1.54, 1.807) is 29.6 Å². The van der Waals surface area contributed by atoms with Gasteiger partial charge in [-0.3, -0.25) is 4.79 Å². The zero-order valence-electron chi connectivity index (χ0n) is 11.1. The molecule has 5 heteroatoms. The molecule has 0 aromatic carbocycles. The Bertz CT molecular complexity index is 395.